The fraction of sp³-hybridized carbons (Fsp3) is 0.833. The van der Waals surface area contributed by atoms with Crippen molar-refractivity contribution >= 4 is 23.6 Å². The summed E-state index contributed by atoms with van der Waals surface area (Å²) in [5, 5.41) is 11.9. The van der Waals surface area contributed by atoms with E-state index in [4.69, 9.17) is 0 Å². The van der Waals surface area contributed by atoms with Crippen molar-refractivity contribution in [1.82, 2.24) is 5.32 Å². The minimum absolute atomic E-state index is 0.231. The van der Waals surface area contributed by atoms with Gasteiger partial charge in [0, 0.05) is 11.7 Å². The molecule has 1 amide bonds. The Morgan fingerprint density at radius 2 is 2.17 bits per heavy atom. The van der Waals surface area contributed by atoms with Gasteiger partial charge in [0.05, 0.1) is 0 Å². The summed E-state index contributed by atoms with van der Waals surface area (Å²) >= 11 is 1.53. The van der Waals surface area contributed by atoms with E-state index >= 15 is 0 Å². The van der Waals surface area contributed by atoms with Crippen molar-refractivity contribution in [2.24, 2.45) is 5.92 Å². The molecular formula is C12H18FNO3S. The van der Waals surface area contributed by atoms with E-state index in [9.17, 15) is 19.1 Å². The lowest BCUT2D eigenvalue weighted by atomic mass is 9.86. The number of alkyl halides is 1. The standard InChI is InChI=1S/C12H18FNO3S/c13-9-3-1-2-8(6-9)10(15)14-12(11(16)17)4-5-18-7-12/h8-9H,1-7H2,(H,14,15)(H,16,17). The minimum atomic E-state index is -1.13. The number of rotatable bonds is 3. The van der Waals surface area contributed by atoms with Crippen LogP contribution in [0.15, 0.2) is 0 Å². The summed E-state index contributed by atoms with van der Waals surface area (Å²) in [6.07, 6.45) is 1.64. The molecule has 1 aliphatic heterocycles. The topological polar surface area (TPSA) is 66.4 Å². The molecule has 4 nitrogen and oxygen atoms in total. The van der Waals surface area contributed by atoms with Crippen LogP contribution in [-0.4, -0.2) is 40.2 Å². The molecule has 6 heteroatoms. The third-order valence-electron chi connectivity index (χ3n) is 3.77. The molecule has 0 aromatic carbocycles. The Bertz CT molecular complexity index is 344. The predicted molar refractivity (Wildman–Crippen MR) is 67.3 cm³/mol. The van der Waals surface area contributed by atoms with Crippen molar-refractivity contribution in [1.29, 1.82) is 0 Å². The number of amides is 1. The smallest absolute Gasteiger partial charge is 0.330 e. The van der Waals surface area contributed by atoms with Crippen molar-refractivity contribution < 1.29 is 19.1 Å². The monoisotopic (exact) mass is 275 g/mol. The van der Waals surface area contributed by atoms with E-state index in [-0.39, 0.29) is 18.2 Å². The highest BCUT2D eigenvalue weighted by Gasteiger charge is 2.44. The van der Waals surface area contributed by atoms with Gasteiger partial charge >= 0.3 is 5.97 Å². The second-order valence-corrected chi connectivity index (χ2v) is 6.25. The predicted octanol–water partition coefficient (Wildman–Crippen LogP) is 1.59. The highest BCUT2D eigenvalue weighted by atomic mass is 32.2. The molecule has 18 heavy (non-hydrogen) atoms. The normalized spacial score (nSPS) is 36.3. The number of carbonyl (C=O) groups is 2. The molecule has 1 aliphatic carbocycles. The van der Waals surface area contributed by atoms with Gasteiger partial charge in [-0.25, -0.2) is 9.18 Å². The Kier molecular flexibility index (Phi) is 4.14. The van der Waals surface area contributed by atoms with Crippen molar-refractivity contribution in [3.63, 3.8) is 0 Å². The largest absolute Gasteiger partial charge is 0.479 e. The number of carboxylic acid groups (broad SMARTS) is 1. The van der Waals surface area contributed by atoms with Gasteiger partial charge in [-0.2, -0.15) is 11.8 Å². The average molecular weight is 275 g/mol. The fourth-order valence-electron chi connectivity index (χ4n) is 2.59. The van der Waals surface area contributed by atoms with Gasteiger partial charge in [-0.3, -0.25) is 4.79 Å². The van der Waals surface area contributed by atoms with Gasteiger partial charge in [0.15, 0.2) is 0 Å². The first-order valence-corrected chi connectivity index (χ1v) is 7.46. The van der Waals surface area contributed by atoms with Gasteiger partial charge < -0.3 is 10.4 Å². The van der Waals surface area contributed by atoms with Gasteiger partial charge in [-0.15, -0.1) is 0 Å². The molecule has 102 valence electrons. The van der Waals surface area contributed by atoms with E-state index in [1.54, 1.807) is 0 Å². The number of hydrogen-bond acceptors (Lipinski definition) is 3. The second-order valence-electron chi connectivity index (χ2n) is 5.14. The highest BCUT2D eigenvalue weighted by Crippen LogP contribution is 2.31. The van der Waals surface area contributed by atoms with E-state index in [0.717, 1.165) is 5.75 Å². The van der Waals surface area contributed by atoms with E-state index in [0.29, 0.717) is 31.4 Å². The van der Waals surface area contributed by atoms with Crippen LogP contribution in [0.3, 0.4) is 0 Å². The van der Waals surface area contributed by atoms with Crippen LogP contribution in [0.25, 0.3) is 0 Å². The van der Waals surface area contributed by atoms with Crippen LogP contribution in [0.1, 0.15) is 32.1 Å². The molecule has 3 atom stereocenters. The van der Waals surface area contributed by atoms with Gasteiger partial charge in [0.1, 0.15) is 11.7 Å². The van der Waals surface area contributed by atoms with Gasteiger partial charge in [0.2, 0.25) is 5.91 Å². The maximum atomic E-state index is 13.3. The number of hydrogen-bond donors (Lipinski definition) is 2. The molecule has 1 heterocycles. The average Bonchev–Trinajstić information content (AvgIpc) is 2.79. The third kappa shape index (κ3) is 2.79. The molecule has 0 aromatic rings. The maximum Gasteiger partial charge on any atom is 0.330 e. The molecule has 2 aliphatic rings. The number of carboxylic acids is 1. The number of nitrogens with one attached hydrogen (secondary N) is 1. The van der Waals surface area contributed by atoms with Crippen molar-refractivity contribution in [2.45, 2.75) is 43.8 Å². The van der Waals surface area contributed by atoms with Crippen molar-refractivity contribution in [2.75, 3.05) is 11.5 Å². The first-order chi connectivity index (χ1) is 8.53. The number of thioether (sulfide) groups is 1. The molecule has 2 fully saturated rings. The van der Waals surface area contributed by atoms with Crippen LogP contribution in [-0.2, 0) is 9.59 Å². The van der Waals surface area contributed by atoms with E-state index in [1.165, 1.54) is 11.8 Å². The molecule has 2 N–H and O–H groups in total. The zero-order valence-corrected chi connectivity index (χ0v) is 11.0. The Morgan fingerprint density at radius 3 is 2.72 bits per heavy atom. The van der Waals surface area contributed by atoms with Crippen LogP contribution in [0.4, 0.5) is 4.39 Å². The van der Waals surface area contributed by atoms with Gasteiger partial charge in [-0.1, -0.05) is 0 Å². The lowest BCUT2D eigenvalue weighted by Gasteiger charge is -2.29. The molecular weight excluding hydrogens is 257 g/mol. The fourth-order valence-corrected chi connectivity index (χ4v) is 3.92. The summed E-state index contributed by atoms with van der Waals surface area (Å²) < 4.78 is 13.3. The zero-order valence-electron chi connectivity index (χ0n) is 10.2. The first kappa shape index (κ1) is 13.6. The molecule has 1 saturated carbocycles. The maximum absolute atomic E-state index is 13.3. The number of halogens is 1. The second kappa shape index (κ2) is 5.47. The summed E-state index contributed by atoms with van der Waals surface area (Å²) in [6.45, 7) is 0. The van der Waals surface area contributed by atoms with E-state index in [2.05, 4.69) is 5.32 Å². The molecule has 3 unspecified atom stereocenters. The van der Waals surface area contributed by atoms with Crippen LogP contribution in [0.5, 0.6) is 0 Å². The summed E-state index contributed by atoms with van der Waals surface area (Å²) in [4.78, 5) is 23.4. The Hall–Kier alpha value is -0.780. The molecule has 0 aromatic heterocycles. The van der Waals surface area contributed by atoms with E-state index < -0.39 is 17.7 Å². The summed E-state index contributed by atoms with van der Waals surface area (Å²) in [5.74, 6) is -0.491. The third-order valence-corrected chi connectivity index (χ3v) is 4.96. The van der Waals surface area contributed by atoms with Crippen LogP contribution in [0, 0.1) is 5.92 Å². The molecule has 0 spiro atoms. The van der Waals surface area contributed by atoms with Crippen LogP contribution >= 0.6 is 11.8 Å². The summed E-state index contributed by atoms with van der Waals surface area (Å²) in [6, 6.07) is 0. The lowest BCUT2D eigenvalue weighted by Crippen LogP contribution is -2.56. The SMILES string of the molecule is O=C(NC1(C(=O)O)CCSC1)C1CCCC(F)C1. The Morgan fingerprint density at radius 1 is 1.39 bits per heavy atom. The summed E-state index contributed by atoms with van der Waals surface area (Å²) in [7, 11) is 0. The quantitative estimate of drug-likeness (QED) is 0.821. The van der Waals surface area contributed by atoms with Crippen LogP contribution < -0.4 is 5.32 Å². The summed E-state index contributed by atoms with van der Waals surface area (Å²) in [5.41, 5.74) is -1.13. The van der Waals surface area contributed by atoms with Gasteiger partial charge in [-0.05, 0) is 37.9 Å². The molecule has 0 bridgehead atoms. The number of aliphatic carboxylic acids is 1. The lowest BCUT2D eigenvalue weighted by molar-refractivity contribution is -0.147. The first-order valence-electron chi connectivity index (χ1n) is 6.31. The van der Waals surface area contributed by atoms with Crippen molar-refractivity contribution in [3.05, 3.63) is 0 Å². The van der Waals surface area contributed by atoms with Gasteiger partial charge in [0.25, 0.3) is 0 Å². The molecule has 1 saturated heterocycles. The Labute approximate surface area is 110 Å². The van der Waals surface area contributed by atoms with E-state index in [1.807, 2.05) is 0 Å². The van der Waals surface area contributed by atoms with Crippen LogP contribution in [0.2, 0.25) is 0 Å². The molecule has 0 radical (unpaired) electrons. The van der Waals surface area contributed by atoms with Crippen molar-refractivity contribution in [3.8, 4) is 0 Å². The number of carbonyl (C=O) groups excluding carboxylic acids is 1. The highest BCUT2D eigenvalue weighted by molar-refractivity contribution is 7.99. The zero-order chi connectivity index (χ0) is 13.2. The molecule has 2 rings (SSSR count). The Balaban J connectivity index is 1.99. The minimum Gasteiger partial charge on any atom is -0.479 e.